The highest BCUT2D eigenvalue weighted by atomic mass is 35.5. The van der Waals surface area contributed by atoms with E-state index in [-0.39, 0.29) is 18.1 Å². The first-order valence-electron chi connectivity index (χ1n) is 10.5. The Balaban J connectivity index is 1.43. The number of halogens is 1. The molecule has 8 heteroatoms. The summed E-state index contributed by atoms with van der Waals surface area (Å²) in [4.78, 5) is 27.6. The topological polar surface area (TPSA) is 74.3 Å². The quantitative estimate of drug-likeness (QED) is 0.668. The van der Waals surface area contributed by atoms with E-state index in [1.54, 1.807) is 55.3 Å². The third kappa shape index (κ3) is 4.35. The number of hydrogen-bond donors (Lipinski definition) is 0. The van der Waals surface area contributed by atoms with Crippen LogP contribution in [0.2, 0.25) is 5.02 Å². The summed E-state index contributed by atoms with van der Waals surface area (Å²) in [5.41, 5.74) is -0.194. The van der Waals surface area contributed by atoms with Crippen LogP contribution < -0.4 is 18.9 Å². The molecule has 0 N–H and O–H groups in total. The summed E-state index contributed by atoms with van der Waals surface area (Å²) in [5.74, 6) is 1.94. The molecule has 2 aromatic carbocycles. The van der Waals surface area contributed by atoms with E-state index >= 15 is 0 Å². The van der Waals surface area contributed by atoms with E-state index in [2.05, 4.69) is 0 Å². The summed E-state index contributed by atoms with van der Waals surface area (Å²) in [6, 6.07) is 10.3. The van der Waals surface area contributed by atoms with Gasteiger partial charge in [0, 0.05) is 43.1 Å². The lowest BCUT2D eigenvalue weighted by Gasteiger charge is -2.44. The monoisotopic (exact) mass is 459 g/mol. The standard InChI is InChI=1S/C24H26ClNO6/c1-15(31-17-6-4-16(25)5-7-17)23(28)26-10-8-24(9-11-26)14-19(27)22-20(30-3)12-18(29-2)13-21(22)32-24/h4-7,12-13,15H,8-11,14H2,1-3H3. The summed E-state index contributed by atoms with van der Waals surface area (Å²) in [6.07, 6.45) is 0.726. The van der Waals surface area contributed by atoms with E-state index in [9.17, 15) is 9.59 Å². The SMILES string of the molecule is COc1cc(OC)c2c(c1)OC1(CCN(C(=O)C(C)Oc3ccc(Cl)cc3)CC1)CC2=O. The highest BCUT2D eigenvalue weighted by Gasteiger charge is 2.45. The second-order valence-corrected chi connectivity index (χ2v) is 8.56. The molecule has 2 aromatic rings. The van der Waals surface area contributed by atoms with Crippen LogP contribution in [0.25, 0.3) is 0 Å². The fourth-order valence-electron chi connectivity index (χ4n) is 4.29. The van der Waals surface area contributed by atoms with Gasteiger partial charge in [-0.2, -0.15) is 0 Å². The Bertz CT molecular complexity index is 1010. The number of methoxy groups -OCH3 is 2. The predicted octanol–water partition coefficient (Wildman–Crippen LogP) is 4.15. The number of nitrogens with zero attached hydrogens (tertiary/aromatic N) is 1. The van der Waals surface area contributed by atoms with Crippen molar-refractivity contribution < 1.29 is 28.5 Å². The molecule has 1 fully saturated rings. The van der Waals surface area contributed by atoms with Crippen molar-refractivity contribution in [2.45, 2.75) is 37.9 Å². The fraction of sp³-hybridized carbons (Fsp3) is 0.417. The molecule has 1 spiro atoms. The number of ether oxygens (including phenoxy) is 4. The second kappa shape index (κ2) is 8.90. The number of hydrogen-bond acceptors (Lipinski definition) is 6. The van der Waals surface area contributed by atoms with Crippen LogP contribution >= 0.6 is 11.6 Å². The summed E-state index contributed by atoms with van der Waals surface area (Å²) < 4.78 is 22.8. The Kier molecular flexibility index (Phi) is 6.20. The number of rotatable bonds is 5. The molecule has 7 nitrogen and oxygen atoms in total. The van der Waals surface area contributed by atoms with Crippen molar-refractivity contribution in [3.63, 3.8) is 0 Å². The van der Waals surface area contributed by atoms with Crippen LogP contribution in [0, 0.1) is 0 Å². The second-order valence-electron chi connectivity index (χ2n) is 8.13. The largest absolute Gasteiger partial charge is 0.496 e. The number of carbonyl (C=O) groups excluding carboxylic acids is 2. The smallest absolute Gasteiger partial charge is 0.263 e. The normalized spacial score (nSPS) is 17.9. The number of ketones is 1. The molecule has 32 heavy (non-hydrogen) atoms. The first kappa shape index (κ1) is 22.3. The summed E-state index contributed by atoms with van der Waals surface area (Å²) in [7, 11) is 3.07. The fourth-order valence-corrected chi connectivity index (χ4v) is 4.41. The molecule has 170 valence electrons. The molecular weight excluding hydrogens is 434 g/mol. The van der Waals surface area contributed by atoms with E-state index in [1.165, 1.54) is 7.11 Å². The maximum Gasteiger partial charge on any atom is 0.263 e. The van der Waals surface area contributed by atoms with Gasteiger partial charge in [-0.05, 0) is 31.2 Å². The lowest BCUT2D eigenvalue weighted by molar-refractivity contribution is -0.141. The van der Waals surface area contributed by atoms with Crippen molar-refractivity contribution in [2.24, 2.45) is 0 Å². The molecule has 0 aliphatic carbocycles. The van der Waals surface area contributed by atoms with E-state index in [4.69, 9.17) is 30.5 Å². The Morgan fingerprint density at radius 3 is 2.41 bits per heavy atom. The Hall–Kier alpha value is -2.93. The molecule has 0 bridgehead atoms. The zero-order valence-electron chi connectivity index (χ0n) is 18.4. The molecule has 1 saturated heterocycles. The van der Waals surface area contributed by atoms with Crippen molar-refractivity contribution in [2.75, 3.05) is 27.3 Å². The van der Waals surface area contributed by atoms with Gasteiger partial charge >= 0.3 is 0 Å². The van der Waals surface area contributed by atoms with E-state index in [1.807, 2.05) is 0 Å². The molecule has 0 radical (unpaired) electrons. The van der Waals surface area contributed by atoms with Crippen molar-refractivity contribution >= 4 is 23.3 Å². The lowest BCUT2D eigenvalue weighted by atomic mass is 9.82. The summed E-state index contributed by atoms with van der Waals surface area (Å²) in [5, 5.41) is 0.608. The number of Topliss-reactive ketones (excluding diaryl/α,β-unsaturated/α-hetero) is 1. The van der Waals surface area contributed by atoms with Crippen molar-refractivity contribution in [1.29, 1.82) is 0 Å². The number of fused-ring (bicyclic) bond motifs is 1. The van der Waals surface area contributed by atoms with Gasteiger partial charge in [0.05, 0.1) is 20.6 Å². The van der Waals surface area contributed by atoms with Gasteiger partial charge in [0.2, 0.25) is 0 Å². The van der Waals surface area contributed by atoms with Crippen molar-refractivity contribution in [1.82, 2.24) is 4.90 Å². The third-order valence-electron chi connectivity index (χ3n) is 6.04. The number of piperidine rings is 1. The van der Waals surface area contributed by atoms with Crippen LogP contribution in [0.1, 0.15) is 36.5 Å². The van der Waals surface area contributed by atoms with Gasteiger partial charge in [-0.25, -0.2) is 0 Å². The van der Waals surface area contributed by atoms with Crippen molar-refractivity contribution in [3.8, 4) is 23.0 Å². The van der Waals surface area contributed by atoms with Gasteiger partial charge in [0.1, 0.15) is 34.2 Å². The summed E-state index contributed by atoms with van der Waals surface area (Å²) >= 11 is 5.90. The zero-order chi connectivity index (χ0) is 22.9. The average Bonchev–Trinajstić information content (AvgIpc) is 2.79. The van der Waals surface area contributed by atoms with Gasteiger partial charge in [-0.1, -0.05) is 11.6 Å². The van der Waals surface area contributed by atoms with E-state index in [0.29, 0.717) is 59.5 Å². The molecule has 0 aromatic heterocycles. The van der Waals surface area contributed by atoms with Crippen LogP contribution in [0.4, 0.5) is 0 Å². The molecule has 2 aliphatic rings. The maximum atomic E-state index is 13.0. The van der Waals surface area contributed by atoms with Crippen LogP contribution in [0.5, 0.6) is 23.0 Å². The van der Waals surface area contributed by atoms with Gasteiger partial charge < -0.3 is 23.8 Å². The predicted molar refractivity (Wildman–Crippen MR) is 119 cm³/mol. The molecule has 0 saturated carbocycles. The molecule has 1 amide bonds. The minimum absolute atomic E-state index is 0.0232. The Labute approximate surface area is 192 Å². The summed E-state index contributed by atoms with van der Waals surface area (Å²) in [6.45, 7) is 2.70. The lowest BCUT2D eigenvalue weighted by Crippen LogP contribution is -2.54. The highest BCUT2D eigenvalue weighted by Crippen LogP contribution is 2.44. The number of carbonyl (C=O) groups is 2. The van der Waals surface area contributed by atoms with Gasteiger partial charge in [-0.15, -0.1) is 0 Å². The first-order chi connectivity index (χ1) is 15.3. The highest BCUT2D eigenvalue weighted by molar-refractivity contribution is 6.30. The molecule has 1 atom stereocenters. The first-order valence-corrected chi connectivity index (χ1v) is 10.9. The molecule has 1 unspecified atom stereocenters. The van der Waals surface area contributed by atoms with Gasteiger partial charge in [-0.3, -0.25) is 9.59 Å². The number of benzene rings is 2. The Morgan fingerprint density at radius 2 is 1.78 bits per heavy atom. The molecule has 4 rings (SSSR count). The van der Waals surface area contributed by atoms with E-state index in [0.717, 1.165) is 0 Å². The minimum Gasteiger partial charge on any atom is -0.496 e. The maximum absolute atomic E-state index is 13.0. The number of likely N-dealkylation sites (tertiary alicyclic amines) is 1. The molecular formula is C24H26ClNO6. The minimum atomic E-state index is -0.640. The number of amides is 1. The molecule has 2 aliphatic heterocycles. The van der Waals surface area contributed by atoms with Gasteiger partial charge in [0.25, 0.3) is 5.91 Å². The van der Waals surface area contributed by atoms with Gasteiger partial charge in [0.15, 0.2) is 11.9 Å². The average molecular weight is 460 g/mol. The third-order valence-corrected chi connectivity index (χ3v) is 6.30. The van der Waals surface area contributed by atoms with Crippen LogP contribution in [-0.4, -0.2) is 55.6 Å². The zero-order valence-corrected chi connectivity index (χ0v) is 19.1. The molecule has 2 heterocycles. The van der Waals surface area contributed by atoms with Crippen LogP contribution in [-0.2, 0) is 4.79 Å². The van der Waals surface area contributed by atoms with Crippen LogP contribution in [0.3, 0.4) is 0 Å². The van der Waals surface area contributed by atoms with Crippen LogP contribution in [0.15, 0.2) is 36.4 Å². The van der Waals surface area contributed by atoms with E-state index < -0.39 is 11.7 Å². The van der Waals surface area contributed by atoms with Crippen molar-refractivity contribution in [3.05, 3.63) is 47.0 Å². The Morgan fingerprint density at radius 1 is 1.09 bits per heavy atom.